The summed E-state index contributed by atoms with van der Waals surface area (Å²) in [6.45, 7) is 6.22. The zero-order valence-electron chi connectivity index (χ0n) is 25.3. The molecule has 1 aliphatic rings. The molecule has 6 rings (SSSR count). The Morgan fingerprint density at radius 2 is 1.07 bits per heavy atom. The summed E-state index contributed by atoms with van der Waals surface area (Å²) in [5.74, 6) is 3.86. The van der Waals surface area contributed by atoms with Gasteiger partial charge < -0.3 is 20.9 Å². The molecular weight excluding hydrogens is 528 g/mol. The molecule has 1 fully saturated rings. The number of nitrogen functional groups attached to an aromatic ring is 2. The number of hydrogen-bond acceptors (Lipinski definition) is 4. The molecule has 43 heavy (non-hydrogen) atoms. The molecule has 5 aromatic rings. The molecular formula is C39H40N2O2. The summed E-state index contributed by atoms with van der Waals surface area (Å²) in [6, 6.07) is 37.9. The van der Waals surface area contributed by atoms with E-state index >= 15 is 0 Å². The van der Waals surface area contributed by atoms with E-state index in [1.165, 1.54) is 22.3 Å². The topological polar surface area (TPSA) is 70.5 Å². The summed E-state index contributed by atoms with van der Waals surface area (Å²) in [7, 11) is 0. The largest absolute Gasteiger partial charge is 0.457 e. The molecule has 0 atom stereocenters. The summed E-state index contributed by atoms with van der Waals surface area (Å²) < 4.78 is 12.5. The molecule has 0 amide bonds. The lowest BCUT2D eigenvalue weighted by Crippen LogP contribution is -2.32. The fourth-order valence-corrected chi connectivity index (χ4v) is 6.62. The molecule has 0 aromatic heterocycles. The van der Waals surface area contributed by atoms with Crippen LogP contribution in [0.15, 0.2) is 109 Å². The van der Waals surface area contributed by atoms with Gasteiger partial charge in [0.2, 0.25) is 0 Å². The van der Waals surface area contributed by atoms with Gasteiger partial charge in [-0.05, 0) is 141 Å². The van der Waals surface area contributed by atoms with Crippen molar-refractivity contribution in [2.24, 2.45) is 0 Å². The summed E-state index contributed by atoms with van der Waals surface area (Å²) >= 11 is 0. The van der Waals surface area contributed by atoms with Crippen molar-refractivity contribution in [1.29, 1.82) is 0 Å². The Bertz CT molecular complexity index is 1620. The van der Waals surface area contributed by atoms with Gasteiger partial charge in [0, 0.05) is 16.8 Å². The highest BCUT2D eigenvalue weighted by Crippen LogP contribution is 2.49. The van der Waals surface area contributed by atoms with E-state index in [1.807, 2.05) is 50.2 Å². The SMILES string of the molecule is Cc1cccc(C2CCC(c3ccc(Oc4ccc(N)cc4C)cc3)(c3ccc(Oc4ccc(N)cc4C)cc3)CC2)c1. The van der Waals surface area contributed by atoms with Crippen molar-refractivity contribution < 1.29 is 9.47 Å². The smallest absolute Gasteiger partial charge is 0.130 e. The standard InChI is InChI=1S/C39H40N2O2/c1-26-5-4-6-30(23-26)29-19-21-39(22-20-29,31-7-13-35(14-8-31)42-37-17-11-33(40)24-27(37)2)32-9-15-36(16-10-32)43-38-18-12-34(41)25-28(38)3/h4-18,23-25,29H,19-22,40-41H2,1-3H3. The number of anilines is 2. The molecule has 0 bridgehead atoms. The van der Waals surface area contributed by atoms with Crippen LogP contribution in [-0.2, 0) is 5.41 Å². The predicted molar refractivity (Wildman–Crippen MR) is 177 cm³/mol. The minimum atomic E-state index is -0.0917. The van der Waals surface area contributed by atoms with Crippen molar-refractivity contribution in [3.63, 3.8) is 0 Å². The molecule has 0 unspecified atom stereocenters. The van der Waals surface area contributed by atoms with Gasteiger partial charge in [0.1, 0.15) is 23.0 Å². The number of nitrogens with two attached hydrogens (primary N) is 2. The number of ether oxygens (including phenoxy) is 2. The number of hydrogen-bond donors (Lipinski definition) is 2. The third-order valence-electron chi connectivity index (χ3n) is 9.02. The van der Waals surface area contributed by atoms with Crippen LogP contribution in [0.3, 0.4) is 0 Å². The molecule has 1 aliphatic carbocycles. The van der Waals surface area contributed by atoms with Gasteiger partial charge >= 0.3 is 0 Å². The maximum Gasteiger partial charge on any atom is 0.130 e. The molecule has 218 valence electrons. The fraction of sp³-hybridized carbons (Fsp3) is 0.231. The van der Waals surface area contributed by atoms with Gasteiger partial charge in [0.15, 0.2) is 0 Å². The van der Waals surface area contributed by atoms with Gasteiger partial charge in [0.25, 0.3) is 0 Å². The molecule has 4 heteroatoms. The van der Waals surface area contributed by atoms with Gasteiger partial charge in [-0.3, -0.25) is 0 Å². The first-order chi connectivity index (χ1) is 20.8. The van der Waals surface area contributed by atoms with Crippen LogP contribution in [0.5, 0.6) is 23.0 Å². The maximum atomic E-state index is 6.24. The number of rotatable bonds is 7. The van der Waals surface area contributed by atoms with Crippen LogP contribution < -0.4 is 20.9 Å². The molecule has 5 aromatic carbocycles. The lowest BCUT2D eigenvalue weighted by molar-refractivity contribution is 0.314. The van der Waals surface area contributed by atoms with Crippen LogP contribution in [0, 0.1) is 20.8 Å². The van der Waals surface area contributed by atoms with Crippen molar-refractivity contribution in [2.75, 3.05) is 11.5 Å². The van der Waals surface area contributed by atoms with Crippen molar-refractivity contribution in [3.05, 3.63) is 143 Å². The minimum Gasteiger partial charge on any atom is -0.457 e. The monoisotopic (exact) mass is 568 g/mol. The third kappa shape index (κ3) is 6.10. The van der Waals surface area contributed by atoms with Crippen molar-refractivity contribution in [3.8, 4) is 23.0 Å². The van der Waals surface area contributed by atoms with Gasteiger partial charge in [-0.15, -0.1) is 0 Å². The number of aryl methyl sites for hydroxylation is 3. The van der Waals surface area contributed by atoms with Crippen molar-refractivity contribution in [1.82, 2.24) is 0 Å². The Labute approximate surface area is 255 Å². The number of benzene rings is 5. The van der Waals surface area contributed by atoms with Gasteiger partial charge in [0.05, 0.1) is 0 Å². The summed E-state index contributed by atoms with van der Waals surface area (Å²) in [5, 5.41) is 0. The zero-order valence-corrected chi connectivity index (χ0v) is 25.3. The highest BCUT2D eigenvalue weighted by molar-refractivity contribution is 5.51. The molecule has 0 radical (unpaired) electrons. The lowest BCUT2D eigenvalue weighted by atomic mass is 9.62. The lowest BCUT2D eigenvalue weighted by Gasteiger charge is -2.42. The van der Waals surface area contributed by atoms with Crippen LogP contribution in [0.4, 0.5) is 11.4 Å². The Morgan fingerprint density at radius 1 is 0.581 bits per heavy atom. The van der Waals surface area contributed by atoms with Gasteiger partial charge in [-0.1, -0.05) is 54.1 Å². The summed E-state index contributed by atoms with van der Waals surface area (Å²) in [6.07, 6.45) is 4.41. The fourth-order valence-electron chi connectivity index (χ4n) is 6.62. The van der Waals surface area contributed by atoms with E-state index < -0.39 is 0 Å². The van der Waals surface area contributed by atoms with E-state index in [0.717, 1.165) is 71.2 Å². The van der Waals surface area contributed by atoms with E-state index in [2.05, 4.69) is 79.7 Å². The molecule has 0 aliphatic heterocycles. The molecule has 4 N–H and O–H groups in total. The molecule has 0 spiro atoms. The zero-order chi connectivity index (χ0) is 30.0. The first kappa shape index (κ1) is 28.4. The van der Waals surface area contributed by atoms with E-state index in [0.29, 0.717) is 5.92 Å². The second-order valence-corrected chi connectivity index (χ2v) is 12.1. The average molecular weight is 569 g/mol. The van der Waals surface area contributed by atoms with E-state index in [9.17, 15) is 0 Å². The normalized spacial score (nSPS) is 14.8. The maximum absolute atomic E-state index is 6.24. The average Bonchev–Trinajstić information content (AvgIpc) is 3.01. The Hall–Kier alpha value is -4.70. The van der Waals surface area contributed by atoms with E-state index in [1.54, 1.807) is 0 Å². The van der Waals surface area contributed by atoms with Gasteiger partial charge in [-0.25, -0.2) is 0 Å². The minimum absolute atomic E-state index is 0.0917. The molecule has 0 saturated heterocycles. The van der Waals surface area contributed by atoms with Crippen molar-refractivity contribution >= 4 is 11.4 Å². The van der Waals surface area contributed by atoms with E-state index in [-0.39, 0.29) is 5.41 Å². The Kier molecular flexibility index (Phi) is 7.86. The highest BCUT2D eigenvalue weighted by Gasteiger charge is 2.39. The Balaban J connectivity index is 1.29. The van der Waals surface area contributed by atoms with Crippen molar-refractivity contribution in [2.45, 2.75) is 57.8 Å². The van der Waals surface area contributed by atoms with Crippen LogP contribution in [-0.4, -0.2) is 0 Å². The first-order valence-corrected chi connectivity index (χ1v) is 15.1. The summed E-state index contributed by atoms with van der Waals surface area (Å²) in [5.41, 5.74) is 20.7. The highest BCUT2D eigenvalue weighted by atomic mass is 16.5. The Morgan fingerprint density at radius 3 is 1.51 bits per heavy atom. The van der Waals surface area contributed by atoms with Crippen LogP contribution >= 0.6 is 0 Å². The second kappa shape index (κ2) is 11.9. The third-order valence-corrected chi connectivity index (χ3v) is 9.02. The van der Waals surface area contributed by atoms with Crippen LogP contribution in [0.1, 0.15) is 65.0 Å². The van der Waals surface area contributed by atoms with Gasteiger partial charge in [-0.2, -0.15) is 0 Å². The van der Waals surface area contributed by atoms with Crippen LogP contribution in [0.25, 0.3) is 0 Å². The molecule has 4 nitrogen and oxygen atoms in total. The first-order valence-electron chi connectivity index (χ1n) is 15.1. The quantitative estimate of drug-likeness (QED) is 0.192. The second-order valence-electron chi connectivity index (χ2n) is 12.1. The predicted octanol–water partition coefficient (Wildman–Crippen LogP) is 10.0. The molecule has 0 heterocycles. The van der Waals surface area contributed by atoms with Crippen LogP contribution in [0.2, 0.25) is 0 Å². The summed E-state index contributed by atoms with van der Waals surface area (Å²) in [4.78, 5) is 0. The van der Waals surface area contributed by atoms with E-state index in [4.69, 9.17) is 20.9 Å². The molecule has 1 saturated carbocycles.